The Balaban J connectivity index is 1.24. The Morgan fingerprint density at radius 2 is 1.62 bits per heavy atom. The first-order valence-electron chi connectivity index (χ1n) is 9.44. The Labute approximate surface area is 152 Å². The normalized spacial score (nSPS) is 36.1. The van der Waals surface area contributed by atoms with E-state index in [1.807, 2.05) is 31.2 Å². The fourth-order valence-corrected chi connectivity index (χ4v) is 5.31. The van der Waals surface area contributed by atoms with Crippen LogP contribution in [0.1, 0.15) is 18.4 Å². The third kappa shape index (κ3) is 2.26. The van der Waals surface area contributed by atoms with Gasteiger partial charge in [0.05, 0.1) is 11.8 Å². The molecular formula is C21H22N2O3. The molecule has 3 fully saturated rings. The van der Waals surface area contributed by atoms with Crippen LogP contribution in [0.2, 0.25) is 0 Å². The van der Waals surface area contributed by atoms with Crippen LogP contribution in [0.15, 0.2) is 36.4 Å². The quantitative estimate of drug-likeness (QED) is 0.670. The van der Waals surface area contributed by atoms with Gasteiger partial charge in [-0.15, -0.1) is 0 Å². The van der Waals surface area contributed by atoms with Gasteiger partial charge in [-0.25, -0.2) is 0 Å². The summed E-state index contributed by atoms with van der Waals surface area (Å²) in [6.07, 6.45) is 5.63. The van der Waals surface area contributed by atoms with Gasteiger partial charge in [-0.3, -0.25) is 19.3 Å². The average Bonchev–Trinajstić information content (AvgIpc) is 3.41. The second kappa shape index (κ2) is 5.53. The summed E-state index contributed by atoms with van der Waals surface area (Å²) in [6, 6.07) is 7.57. The average molecular weight is 350 g/mol. The van der Waals surface area contributed by atoms with E-state index in [4.69, 9.17) is 0 Å². The van der Waals surface area contributed by atoms with Crippen molar-refractivity contribution in [1.82, 2.24) is 4.90 Å². The lowest BCUT2D eigenvalue weighted by Crippen LogP contribution is -2.40. The first-order valence-corrected chi connectivity index (χ1v) is 9.44. The minimum Gasteiger partial charge on any atom is -0.326 e. The molecule has 2 bridgehead atoms. The summed E-state index contributed by atoms with van der Waals surface area (Å²) < 4.78 is 0. The number of aryl methyl sites for hydroxylation is 1. The molecule has 1 N–H and O–H groups in total. The van der Waals surface area contributed by atoms with Crippen LogP contribution < -0.4 is 5.32 Å². The lowest BCUT2D eigenvalue weighted by atomic mass is 9.63. The molecule has 134 valence electrons. The molecule has 5 aliphatic rings. The predicted octanol–water partition coefficient (Wildman–Crippen LogP) is 2.38. The molecular weight excluding hydrogens is 328 g/mol. The molecule has 1 aromatic rings. The second-order valence-electron chi connectivity index (χ2n) is 8.15. The van der Waals surface area contributed by atoms with Crippen LogP contribution >= 0.6 is 0 Å². The molecule has 4 aliphatic carbocycles. The summed E-state index contributed by atoms with van der Waals surface area (Å²) in [6.45, 7) is 2.17. The maximum atomic E-state index is 12.9. The largest absolute Gasteiger partial charge is 0.326 e. The van der Waals surface area contributed by atoms with Gasteiger partial charge in [0, 0.05) is 18.7 Å². The molecule has 0 aromatic heterocycles. The van der Waals surface area contributed by atoms with E-state index in [2.05, 4.69) is 17.5 Å². The molecule has 0 unspecified atom stereocenters. The zero-order chi connectivity index (χ0) is 18.0. The number of likely N-dealkylation sites (tertiary alicyclic amines) is 1. The SMILES string of the molecule is Cc1ccc(NC(=O)CCN2C(=O)[C@@H]3[C@H]4C=C[C@@H]([C@@H]5C[C@@H]45)[C@H]3C2=O)cc1. The molecule has 5 nitrogen and oxygen atoms in total. The lowest BCUT2D eigenvalue weighted by Gasteiger charge is -2.37. The van der Waals surface area contributed by atoms with E-state index in [1.165, 1.54) is 4.90 Å². The van der Waals surface area contributed by atoms with Crippen molar-refractivity contribution in [3.8, 4) is 0 Å². The van der Waals surface area contributed by atoms with E-state index in [0.29, 0.717) is 11.8 Å². The van der Waals surface area contributed by atoms with E-state index < -0.39 is 0 Å². The highest BCUT2D eigenvalue weighted by atomic mass is 16.2. The highest BCUT2D eigenvalue weighted by molar-refractivity contribution is 6.06. The fraction of sp³-hybridized carbons (Fsp3) is 0.476. The van der Waals surface area contributed by atoms with Gasteiger partial charge in [0.1, 0.15) is 0 Å². The maximum absolute atomic E-state index is 12.9. The zero-order valence-electron chi connectivity index (χ0n) is 14.7. The molecule has 0 spiro atoms. The lowest BCUT2D eigenvalue weighted by molar-refractivity contribution is -0.140. The molecule has 5 heteroatoms. The standard InChI is InChI=1S/C21H22N2O3/c1-11-2-4-12(5-3-11)22-17(24)8-9-23-20(25)18-13-6-7-14(16-10-15(13)16)19(18)21(23)26/h2-7,13-16,18-19H,8-10H2,1H3,(H,22,24)/t13-,14-,15-,16-,18+,19+/m0/s1. The van der Waals surface area contributed by atoms with Crippen molar-refractivity contribution in [3.63, 3.8) is 0 Å². The van der Waals surface area contributed by atoms with E-state index in [9.17, 15) is 14.4 Å². The molecule has 6 atom stereocenters. The molecule has 3 amide bonds. The molecule has 1 saturated heterocycles. The van der Waals surface area contributed by atoms with Crippen molar-refractivity contribution >= 4 is 23.4 Å². The summed E-state index contributed by atoms with van der Waals surface area (Å²) in [5.41, 5.74) is 1.86. The first kappa shape index (κ1) is 15.8. The number of rotatable bonds is 4. The van der Waals surface area contributed by atoms with Gasteiger partial charge in [-0.05, 0) is 49.1 Å². The first-order chi connectivity index (χ1) is 12.5. The van der Waals surface area contributed by atoms with Crippen LogP contribution in [-0.2, 0) is 14.4 Å². The van der Waals surface area contributed by atoms with Gasteiger partial charge in [-0.2, -0.15) is 0 Å². The van der Waals surface area contributed by atoms with Crippen LogP contribution in [0, 0.1) is 42.4 Å². The Morgan fingerprint density at radius 1 is 1.04 bits per heavy atom. The second-order valence-corrected chi connectivity index (χ2v) is 8.15. The van der Waals surface area contributed by atoms with Gasteiger partial charge in [0.15, 0.2) is 0 Å². The number of imide groups is 1. The smallest absolute Gasteiger partial charge is 0.233 e. The summed E-state index contributed by atoms with van der Waals surface area (Å²) >= 11 is 0. The van der Waals surface area contributed by atoms with E-state index in [1.54, 1.807) is 0 Å². The van der Waals surface area contributed by atoms with Crippen molar-refractivity contribution < 1.29 is 14.4 Å². The highest BCUT2D eigenvalue weighted by Crippen LogP contribution is 2.65. The molecule has 0 radical (unpaired) electrons. The zero-order valence-corrected chi connectivity index (χ0v) is 14.7. The molecule has 2 saturated carbocycles. The van der Waals surface area contributed by atoms with Crippen LogP contribution in [0.4, 0.5) is 5.69 Å². The number of hydrogen-bond donors (Lipinski definition) is 1. The number of anilines is 1. The Kier molecular flexibility index (Phi) is 3.36. The van der Waals surface area contributed by atoms with Crippen LogP contribution in [0.25, 0.3) is 0 Å². The summed E-state index contributed by atoms with van der Waals surface area (Å²) in [5, 5.41) is 2.83. The van der Waals surface area contributed by atoms with Crippen molar-refractivity contribution in [2.24, 2.45) is 35.5 Å². The van der Waals surface area contributed by atoms with Gasteiger partial charge in [0.25, 0.3) is 0 Å². The number of carbonyl (C=O) groups is 3. The summed E-state index contributed by atoms with van der Waals surface area (Å²) in [5.74, 6) is 1.02. The topological polar surface area (TPSA) is 66.5 Å². The highest BCUT2D eigenvalue weighted by Gasteiger charge is 2.66. The van der Waals surface area contributed by atoms with Crippen LogP contribution in [0.3, 0.4) is 0 Å². The minimum absolute atomic E-state index is 0.0622. The van der Waals surface area contributed by atoms with Gasteiger partial charge < -0.3 is 5.32 Å². The molecule has 6 rings (SSSR count). The number of allylic oxidation sites excluding steroid dienone is 2. The van der Waals surface area contributed by atoms with E-state index >= 15 is 0 Å². The minimum atomic E-state index is -0.179. The summed E-state index contributed by atoms with van der Waals surface area (Å²) in [7, 11) is 0. The number of nitrogens with one attached hydrogen (secondary N) is 1. The summed E-state index contributed by atoms with van der Waals surface area (Å²) in [4.78, 5) is 39.3. The van der Waals surface area contributed by atoms with E-state index in [-0.39, 0.29) is 54.4 Å². The number of nitrogens with zero attached hydrogens (tertiary/aromatic N) is 1. The third-order valence-corrected chi connectivity index (χ3v) is 6.65. The van der Waals surface area contributed by atoms with Gasteiger partial charge in [-0.1, -0.05) is 29.8 Å². The maximum Gasteiger partial charge on any atom is 0.233 e. The molecule has 26 heavy (non-hydrogen) atoms. The Morgan fingerprint density at radius 3 is 2.19 bits per heavy atom. The molecule has 1 heterocycles. The number of hydrogen-bond acceptors (Lipinski definition) is 3. The third-order valence-electron chi connectivity index (χ3n) is 6.65. The number of amides is 3. The predicted molar refractivity (Wildman–Crippen MR) is 95.8 cm³/mol. The van der Waals surface area contributed by atoms with Gasteiger partial charge in [0.2, 0.25) is 17.7 Å². The number of benzene rings is 1. The molecule has 1 aromatic carbocycles. The Hall–Kier alpha value is -2.43. The number of carbonyl (C=O) groups excluding carboxylic acids is 3. The van der Waals surface area contributed by atoms with Crippen molar-refractivity contribution in [1.29, 1.82) is 0 Å². The fourth-order valence-electron chi connectivity index (χ4n) is 5.31. The van der Waals surface area contributed by atoms with Crippen molar-refractivity contribution in [3.05, 3.63) is 42.0 Å². The molecule has 1 aliphatic heterocycles. The van der Waals surface area contributed by atoms with Crippen molar-refractivity contribution in [2.45, 2.75) is 19.8 Å². The van der Waals surface area contributed by atoms with Crippen molar-refractivity contribution in [2.75, 3.05) is 11.9 Å². The monoisotopic (exact) mass is 350 g/mol. The Bertz CT molecular complexity index is 792. The van der Waals surface area contributed by atoms with Gasteiger partial charge >= 0.3 is 0 Å². The van der Waals surface area contributed by atoms with Crippen LogP contribution in [-0.4, -0.2) is 29.2 Å². The van der Waals surface area contributed by atoms with Crippen LogP contribution in [0.5, 0.6) is 0 Å². The van der Waals surface area contributed by atoms with E-state index in [0.717, 1.165) is 17.7 Å².